The average Bonchev–Trinajstić information content (AvgIpc) is 3.22. The first-order valence-corrected chi connectivity index (χ1v) is 11.5. The minimum absolute atomic E-state index is 0.109. The van der Waals surface area contributed by atoms with Crippen molar-refractivity contribution < 1.29 is 17.9 Å². The summed E-state index contributed by atoms with van der Waals surface area (Å²) in [6, 6.07) is 13.7. The lowest BCUT2D eigenvalue weighted by atomic mass is 10.0. The molecule has 10 heteroatoms. The Balaban J connectivity index is 1.75. The van der Waals surface area contributed by atoms with Gasteiger partial charge in [0.25, 0.3) is 15.9 Å². The molecule has 1 amide bonds. The molecular formula is C20H22N4O4S2. The van der Waals surface area contributed by atoms with E-state index in [0.29, 0.717) is 12.0 Å². The Kier molecular flexibility index (Phi) is 6.80. The van der Waals surface area contributed by atoms with Crippen LogP contribution in [0.15, 0.2) is 52.9 Å². The van der Waals surface area contributed by atoms with Crippen LogP contribution in [0.25, 0.3) is 0 Å². The van der Waals surface area contributed by atoms with Gasteiger partial charge in [0.05, 0.1) is 7.11 Å². The van der Waals surface area contributed by atoms with Crippen LogP contribution in [-0.4, -0.2) is 31.6 Å². The highest BCUT2D eigenvalue weighted by atomic mass is 32.2. The molecular weight excluding hydrogens is 424 g/mol. The minimum atomic E-state index is -3.92. The summed E-state index contributed by atoms with van der Waals surface area (Å²) in [6.45, 7) is 3.79. The number of hydrogen-bond acceptors (Lipinski definition) is 7. The van der Waals surface area contributed by atoms with Gasteiger partial charge in [-0.15, -0.1) is 10.2 Å². The Morgan fingerprint density at radius 2 is 1.90 bits per heavy atom. The summed E-state index contributed by atoms with van der Waals surface area (Å²) in [7, 11) is -2.33. The van der Waals surface area contributed by atoms with Crippen LogP contribution >= 0.6 is 11.3 Å². The van der Waals surface area contributed by atoms with Crippen LogP contribution in [0.2, 0.25) is 0 Å². The second-order valence-corrected chi connectivity index (χ2v) is 9.37. The number of amides is 1. The first-order valence-electron chi connectivity index (χ1n) is 9.20. The van der Waals surface area contributed by atoms with Gasteiger partial charge in [0.2, 0.25) is 9.47 Å². The van der Waals surface area contributed by atoms with Crippen molar-refractivity contribution in [2.24, 2.45) is 0 Å². The highest BCUT2D eigenvalue weighted by molar-refractivity contribution is 7.91. The second kappa shape index (κ2) is 9.33. The van der Waals surface area contributed by atoms with Gasteiger partial charge in [-0.25, -0.2) is 13.1 Å². The number of benzene rings is 2. The van der Waals surface area contributed by atoms with Gasteiger partial charge in [-0.3, -0.25) is 10.1 Å². The lowest BCUT2D eigenvalue weighted by molar-refractivity contribution is 0.102. The number of hydrogen-bond donors (Lipinski definition) is 2. The van der Waals surface area contributed by atoms with Crippen LogP contribution in [-0.2, 0) is 10.0 Å². The predicted octanol–water partition coefficient (Wildman–Crippen LogP) is 3.54. The lowest BCUT2D eigenvalue weighted by Crippen LogP contribution is -2.28. The fourth-order valence-electron chi connectivity index (χ4n) is 2.87. The molecule has 3 rings (SSSR count). The van der Waals surface area contributed by atoms with Gasteiger partial charge >= 0.3 is 0 Å². The summed E-state index contributed by atoms with van der Waals surface area (Å²) in [5.74, 6) is 0.350. The molecule has 158 valence electrons. The molecule has 8 nitrogen and oxygen atoms in total. The third-order valence-corrected chi connectivity index (χ3v) is 7.10. The molecule has 2 N–H and O–H groups in total. The number of nitrogens with zero attached hydrogens (tertiary/aromatic N) is 2. The normalized spacial score (nSPS) is 12.4. The maximum Gasteiger partial charge on any atom is 0.270 e. The molecule has 1 heterocycles. The second-order valence-electron chi connectivity index (χ2n) is 6.50. The molecule has 3 aromatic rings. The van der Waals surface area contributed by atoms with E-state index in [1.54, 1.807) is 37.4 Å². The van der Waals surface area contributed by atoms with Crippen molar-refractivity contribution in [3.05, 3.63) is 65.2 Å². The van der Waals surface area contributed by atoms with E-state index in [-0.39, 0.29) is 15.4 Å². The number of carbonyl (C=O) groups is 1. The van der Waals surface area contributed by atoms with E-state index in [1.165, 1.54) is 0 Å². The molecule has 0 saturated carbocycles. The zero-order chi connectivity index (χ0) is 21.7. The molecule has 0 unspecified atom stereocenters. The molecule has 0 fully saturated rings. The van der Waals surface area contributed by atoms with E-state index in [1.807, 2.05) is 32.0 Å². The van der Waals surface area contributed by atoms with E-state index in [2.05, 4.69) is 20.2 Å². The standard InChI is InChI=1S/C20H22N4O4S2/c1-4-16(15-10-11-17(28-3)13(2)12-15)24-30(26,27)20-23-22-19(29-20)21-18(25)14-8-6-5-7-9-14/h5-12,16,24H,4H2,1-3H3,(H,21,22,25)/t16-/m0/s1. The molecule has 0 spiro atoms. The van der Waals surface area contributed by atoms with E-state index >= 15 is 0 Å². The van der Waals surface area contributed by atoms with Crippen molar-refractivity contribution in [1.29, 1.82) is 0 Å². The Labute approximate surface area is 179 Å². The zero-order valence-electron chi connectivity index (χ0n) is 16.7. The Morgan fingerprint density at radius 1 is 1.17 bits per heavy atom. The maximum absolute atomic E-state index is 12.8. The van der Waals surface area contributed by atoms with Gasteiger partial charge in [-0.2, -0.15) is 0 Å². The fourth-order valence-corrected chi connectivity index (χ4v) is 5.09. The summed E-state index contributed by atoms with van der Waals surface area (Å²) >= 11 is 0.795. The zero-order valence-corrected chi connectivity index (χ0v) is 18.4. The van der Waals surface area contributed by atoms with Crippen LogP contribution in [0.3, 0.4) is 0 Å². The molecule has 0 saturated heterocycles. The van der Waals surface area contributed by atoms with Gasteiger partial charge < -0.3 is 4.74 Å². The molecule has 1 aromatic heterocycles. The number of aryl methyl sites for hydroxylation is 1. The molecule has 2 aromatic carbocycles. The molecule has 1 atom stereocenters. The summed E-state index contributed by atoms with van der Waals surface area (Å²) in [5.41, 5.74) is 2.17. The first kappa shape index (κ1) is 21.9. The molecule has 0 bridgehead atoms. The fraction of sp³-hybridized carbons (Fsp3) is 0.250. The van der Waals surface area contributed by atoms with Crippen LogP contribution in [0.5, 0.6) is 5.75 Å². The van der Waals surface area contributed by atoms with Gasteiger partial charge in [-0.05, 0) is 42.7 Å². The van der Waals surface area contributed by atoms with Crippen molar-refractivity contribution in [3.8, 4) is 5.75 Å². The summed E-state index contributed by atoms with van der Waals surface area (Å²) in [4.78, 5) is 12.2. The Bertz CT molecular complexity index is 1130. The van der Waals surface area contributed by atoms with Crippen molar-refractivity contribution >= 4 is 32.4 Å². The number of sulfonamides is 1. The number of nitrogens with one attached hydrogen (secondary N) is 2. The topological polar surface area (TPSA) is 110 Å². The van der Waals surface area contributed by atoms with Crippen molar-refractivity contribution in [2.75, 3.05) is 12.4 Å². The number of carbonyl (C=O) groups excluding carboxylic acids is 1. The third kappa shape index (κ3) is 5.02. The summed E-state index contributed by atoms with van der Waals surface area (Å²) < 4.78 is 33.3. The van der Waals surface area contributed by atoms with Crippen LogP contribution in [0.1, 0.15) is 40.9 Å². The quantitative estimate of drug-likeness (QED) is 0.512. The van der Waals surface area contributed by atoms with Crippen molar-refractivity contribution in [3.63, 3.8) is 0 Å². The van der Waals surface area contributed by atoms with Gasteiger partial charge in [-0.1, -0.05) is 48.6 Å². The molecule has 0 aliphatic rings. The molecule has 0 radical (unpaired) electrons. The SMILES string of the molecule is CC[C@H](NS(=O)(=O)c1nnc(NC(=O)c2ccccc2)s1)c1ccc(OC)c(C)c1. The molecule has 0 aliphatic carbocycles. The third-order valence-electron chi connectivity index (χ3n) is 4.42. The summed E-state index contributed by atoms with van der Waals surface area (Å²) in [5, 5.41) is 10.2. The predicted molar refractivity (Wildman–Crippen MR) is 115 cm³/mol. The van der Waals surface area contributed by atoms with Crippen LogP contribution in [0.4, 0.5) is 5.13 Å². The number of rotatable bonds is 8. The van der Waals surface area contributed by atoms with E-state index in [0.717, 1.165) is 28.2 Å². The average molecular weight is 447 g/mol. The van der Waals surface area contributed by atoms with Gasteiger partial charge in [0.1, 0.15) is 5.75 Å². The largest absolute Gasteiger partial charge is 0.496 e. The maximum atomic E-state index is 12.8. The number of aromatic nitrogens is 2. The van der Waals surface area contributed by atoms with Crippen molar-refractivity contribution in [2.45, 2.75) is 30.6 Å². The number of methoxy groups -OCH3 is 1. The van der Waals surface area contributed by atoms with Crippen molar-refractivity contribution in [1.82, 2.24) is 14.9 Å². The molecule has 30 heavy (non-hydrogen) atoms. The smallest absolute Gasteiger partial charge is 0.270 e. The molecule has 0 aliphatic heterocycles. The van der Waals surface area contributed by atoms with Gasteiger partial charge in [0.15, 0.2) is 0 Å². The first-order chi connectivity index (χ1) is 14.3. The Hall–Kier alpha value is -2.82. The van der Waals surface area contributed by atoms with E-state index in [9.17, 15) is 13.2 Å². The van der Waals surface area contributed by atoms with E-state index < -0.39 is 16.1 Å². The van der Waals surface area contributed by atoms with Crippen LogP contribution in [0, 0.1) is 6.92 Å². The van der Waals surface area contributed by atoms with Crippen LogP contribution < -0.4 is 14.8 Å². The number of anilines is 1. The minimum Gasteiger partial charge on any atom is -0.496 e. The van der Waals surface area contributed by atoms with Gasteiger partial charge in [0, 0.05) is 11.6 Å². The summed E-state index contributed by atoms with van der Waals surface area (Å²) in [6.07, 6.45) is 0.543. The Morgan fingerprint density at radius 3 is 2.53 bits per heavy atom. The monoisotopic (exact) mass is 446 g/mol. The highest BCUT2D eigenvalue weighted by Gasteiger charge is 2.25. The van der Waals surface area contributed by atoms with E-state index in [4.69, 9.17) is 4.74 Å². The number of ether oxygens (including phenoxy) is 1. The lowest BCUT2D eigenvalue weighted by Gasteiger charge is -2.17. The highest BCUT2D eigenvalue weighted by Crippen LogP contribution is 2.27.